The third-order valence-electron chi connectivity index (χ3n) is 3.57. The van der Waals surface area contributed by atoms with E-state index in [2.05, 4.69) is 48.0 Å². The van der Waals surface area contributed by atoms with Gasteiger partial charge in [0.15, 0.2) is 0 Å². The van der Waals surface area contributed by atoms with Crippen molar-refractivity contribution in [3.63, 3.8) is 0 Å². The van der Waals surface area contributed by atoms with E-state index in [1.165, 1.54) is 24.0 Å². The van der Waals surface area contributed by atoms with Crippen LogP contribution in [0.1, 0.15) is 43.7 Å². The molecular formula is C14H19BrO. The monoisotopic (exact) mass is 282 g/mol. The second-order valence-electron chi connectivity index (χ2n) is 5.03. The zero-order chi connectivity index (χ0) is 11.8. The van der Waals surface area contributed by atoms with Crippen LogP contribution in [-0.2, 0) is 5.41 Å². The number of hydrogen-bond donors (Lipinski definition) is 0. The van der Waals surface area contributed by atoms with Gasteiger partial charge in [-0.05, 0) is 30.4 Å². The van der Waals surface area contributed by atoms with E-state index in [1.54, 1.807) is 7.11 Å². The van der Waals surface area contributed by atoms with Gasteiger partial charge in [0.25, 0.3) is 0 Å². The molecule has 0 radical (unpaired) electrons. The summed E-state index contributed by atoms with van der Waals surface area (Å²) >= 11 is 3.64. The molecule has 1 nitrogen and oxygen atoms in total. The highest BCUT2D eigenvalue weighted by atomic mass is 79.9. The lowest BCUT2D eigenvalue weighted by Crippen LogP contribution is -2.10. The van der Waals surface area contributed by atoms with Crippen LogP contribution in [0.4, 0.5) is 0 Å². The predicted octanol–water partition coefficient (Wildman–Crippen LogP) is 4.25. The summed E-state index contributed by atoms with van der Waals surface area (Å²) in [6.07, 6.45) is 2.55. The molecule has 0 aromatic heterocycles. The molecule has 16 heavy (non-hydrogen) atoms. The Bertz CT molecular complexity index is 380. The average Bonchev–Trinajstić information content (AvgIpc) is 3.09. The quantitative estimate of drug-likeness (QED) is 0.751. The highest BCUT2D eigenvalue weighted by Crippen LogP contribution is 2.52. The van der Waals surface area contributed by atoms with Gasteiger partial charge in [-0.2, -0.15) is 0 Å². The van der Waals surface area contributed by atoms with Gasteiger partial charge < -0.3 is 4.74 Å². The van der Waals surface area contributed by atoms with Crippen LogP contribution in [0.3, 0.4) is 0 Å². The number of methoxy groups -OCH3 is 1. The SMILES string of the molecule is COc1ccc(C(C)C)cc1C1(CBr)CC1. The Labute approximate surface area is 106 Å². The van der Waals surface area contributed by atoms with Crippen molar-refractivity contribution in [1.82, 2.24) is 0 Å². The molecule has 0 spiro atoms. The second-order valence-corrected chi connectivity index (χ2v) is 5.59. The fourth-order valence-electron chi connectivity index (χ4n) is 2.12. The van der Waals surface area contributed by atoms with Gasteiger partial charge in [-0.25, -0.2) is 0 Å². The molecule has 0 aliphatic heterocycles. The van der Waals surface area contributed by atoms with Gasteiger partial charge in [-0.3, -0.25) is 0 Å². The second kappa shape index (κ2) is 4.40. The van der Waals surface area contributed by atoms with Gasteiger partial charge in [-0.1, -0.05) is 41.9 Å². The van der Waals surface area contributed by atoms with E-state index in [-0.39, 0.29) is 0 Å². The van der Waals surface area contributed by atoms with Crippen molar-refractivity contribution >= 4 is 15.9 Å². The van der Waals surface area contributed by atoms with Crippen molar-refractivity contribution < 1.29 is 4.74 Å². The Balaban J connectivity index is 2.44. The standard InChI is InChI=1S/C14H19BrO/c1-10(2)11-4-5-13(16-3)12(8-11)14(9-15)6-7-14/h4-5,8,10H,6-7,9H2,1-3H3. The molecule has 1 aromatic rings. The summed E-state index contributed by atoms with van der Waals surface area (Å²) < 4.78 is 5.49. The summed E-state index contributed by atoms with van der Waals surface area (Å²) in [5.41, 5.74) is 3.14. The first-order valence-corrected chi connectivity index (χ1v) is 6.99. The summed E-state index contributed by atoms with van der Waals surface area (Å²) in [6.45, 7) is 4.47. The maximum atomic E-state index is 5.49. The van der Waals surface area contributed by atoms with Crippen LogP contribution < -0.4 is 4.74 Å². The molecule has 1 aromatic carbocycles. The molecule has 0 unspecified atom stereocenters. The molecule has 0 amide bonds. The molecule has 2 rings (SSSR count). The van der Waals surface area contributed by atoms with Crippen molar-refractivity contribution in [3.05, 3.63) is 29.3 Å². The molecule has 1 aliphatic rings. The summed E-state index contributed by atoms with van der Waals surface area (Å²) in [7, 11) is 1.76. The molecule has 88 valence electrons. The lowest BCUT2D eigenvalue weighted by Gasteiger charge is -2.18. The number of halogens is 1. The van der Waals surface area contributed by atoms with Crippen LogP contribution in [0, 0.1) is 0 Å². The zero-order valence-corrected chi connectivity index (χ0v) is 11.8. The van der Waals surface area contributed by atoms with Crippen LogP contribution in [-0.4, -0.2) is 12.4 Å². The number of rotatable bonds is 4. The first kappa shape index (κ1) is 12.0. The normalized spacial score (nSPS) is 17.6. The Morgan fingerprint density at radius 3 is 2.50 bits per heavy atom. The minimum absolute atomic E-state index is 0.343. The van der Waals surface area contributed by atoms with Crippen molar-refractivity contribution in [2.75, 3.05) is 12.4 Å². The lowest BCUT2D eigenvalue weighted by molar-refractivity contribution is 0.405. The number of hydrogen-bond acceptors (Lipinski definition) is 1. The van der Waals surface area contributed by atoms with Gasteiger partial charge in [0.2, 0.25) is 0 Å². The molecule has 2 heteroatoms. The summed E-state index contributed by atoms with van der Waals surface area (Å²) in [5.74, 6) is 1.62. The van der Waals surface area contributed by atoms with E-state index in [0.29, 0.717) is 11.3 Å². The van der Waals surface area contributed by atoms with Gasteiger partial charge in [0, 0.05) is 16.3 Å². The molecular weight excluding hydrogens is 264 g/mol. The minimum atomic E-state index is 0.343. The van der Waals surface area contributed by atoms with Gasteiger partial charge in [-0.15, -0.1) is 0 Å². The first-order valence-electron chi connectivity index (χ1n) is 5.87. The van der Waals surface area contributed by atoms with Crippen LogP contribution in [0.15, 0.2) is 18.2 Å². The van der Waals surface area contributed by atoms with Crippen LogP contribution >= 0.6 is 15.9 Å². The number of ether oxygens (including phenoxy) is 1. The predicted molar refractivity (Wildman–Crippen MR) is 71.8 cm³/mol. The Morgan fingerprint density at radius 1 is 1.38 bits per heavy atom. The largest absolute Gasteiger partial charge is 0.496 e. The Kier molecular flexibility index (Phi) is 3.29. The molecule has 0 bridgehead atoms. The minimum Gasteiger partial charge on any atom is -0.496 e. The summed E-state index contributed by atoms with van der Waals surface area (Å²) in [6, 6.07) is 6.63. The summed E-state index contributed by atoms with van der Waals surface area (Å²) in [4.78, 5) is 0. The van der Waals surface area contributed by atoms with Gasteiger partial charge >= 0.3 is 0 Å². The number of alkyl halides is 1. The van der Waals surface area contributed by atoms with Gasteiger partial charge in [0.05, 0.1) is 7.11 Å². The topological polar surface area (TPSA) is 9.23 Å². The van der Waals surface area contributed by atoms with Crippen molar-refractivity contribution in [3.8, 4) is 5.75 Å². The van der Waals surface area contributed by atoms with Crippen LogP contribution in [0.25, 0.3) is 0 Å². The smallest absolute Gasteiger partial charge is 0.122 e. The van der Waals surface area contributed by atoms with Gasteiger partial charge in [0.1, 0.15) is 5.75 Å². The van der Waals surface area contributed by atoms with E-state index in [4.69, 9.17) is 4.74 Å². The van der Waals surface area contributed by atoms with E-state index in [9.17, 15) is 0 Å². The third kappa shape index (κ3) is 2.00. The summed E-state index contributed by atoms with van der Waals surface area (Å²) in [5, 5.41) is 1.04. The maximum Gasteiger partial charge on any atom is 0.122 e. The van der Waals surface area contributed by atoms with E-state index >= 15 is 0 Å². The van der Waals surface area contributed by atoms with Crippen LogP contribution in [0.2, 0.25) is 0 Å². The Morgan fingerprint density at radius 2 is 2.06 bits per heavy atom. The van der Waals surface area contributed by atoms with E-state index in [0.717, 1.165) is 11.1 Å². The fourth-order valence-corrected chi connectivity index (χ4v) is 2.99. The Hall–Kier alpha value is -0.500. The first-order chi connectivity index (χ1) is 7.63. The average molecular weight is 283 g/mol. The fraction of sp³-hybridized carbons (Fsp3) is 0.571. The molecule has 0 atom stereocenters. The lowest BCUT2D eigenvalue weighted by atomic mass is 9.92. The molecule has 0 heterocycles. The van der Waals surface area contributed by atoms with Crippen molar-refractivity contribution in [2.24, 2.45) is 0 Å². The van der Waals surface area contributed by atoms with Crippen molar-refractivity contribution in [1.29, 1.82) is 0 Å². The third-order valence-corrected chi connectivity index (χ3v) is 4.64. The molecule has 1 fully saturated rings. The van der Waals surface area contributed by atoms with Crippen LogP contribution in [0.5, 0.6) is 5.75 Å². The van der Waals surface area contributed by atoms with E-state index < -0.39 is 0 Å². The molecule has 0 saturated heterocycles. The number of benzene rings is 1. The molecule has 1 aliphatic carbocycles. The van der Waals surface area contributed by atoms with E-state index in [1.807, 2.05) is 0 Å². The zero-order valence-electron chi connectivity index (χ0n) is 10.2. The highest BCUT2D eigenvalue weighted by Gasteiger charge is 2.45. The highest BCUT2D eigenvalue weighted by molar-refractivity contribution is 9.09. The molecule has 1 saturated carbocycles. The van der Waals surface area contributed by atoms with Crippen molar-refractivity contribution in [2.45, 2.75) is 38.0 Å². The maximum absolute atomic E-state index is 5.49. The molecule has 0 N–H and O–H groups in total.